The molecular weight excluding hydrogens is 338 g/mol. The molecule has 1 amide bonds. The molecule has 6 nitrogen and oxygen atoms in total. The van der Waals surface area contributed by atoms with Crippen LogP contribution >= 0.6 is 11.6 Å². The van der Waals surface area contributed by atoms with Crippen molar-refractivity contribution in [3.63, 3.8) is 0 Å². The van der Waals surface area contributed by atoms with Gasteiger partial charge in [-0.1, -0.05) is 29.8 Å². The highest BCUT2D eigenvalue weighted by Crippen LogP contribution is 2.14. The Kier molecular flexibility index (Phi) is 7.72. The third kappa shape index (κ3) is 6.81. The van der Waals surface area contributed by atoms with Crippen LogP contribution < -0.4 is 16.0 Å². The van der Waals surface area contributed by atoms with Crippen molar-refractivity contribution in [1.29, 1.82) is 0 Å². The zero-order valence-electron chi connectivity index (χ0n) is 14.1. The lowest BCUT2D eigenvalue weighted by molar-refractivity contribution is -0.114. The molecule has 0 fully saturated rings. The molecule has 132 valence electrons. The largest absolute Gasteiger partial charge is 0.357 e. The van der Waals surface area contributed by atoms with Crippen LogP contribution in [0.5, 0.6) is 0 Å². The molecule has 0 aliphatic rings. The van der Waals surface area contributed by atoms with E-state index in [1.54, 1.807) is 24.5 Å². The van der Waals surface area contributed by atoms with Gasteiger partial charge < -0.3 is 16.0 Å². The second-order valence-corrected chi connectivity index (χ2v) is 5.66. The number of rotatable bonds is 7. The SMILES string of the molecule is CCNC(=NCC(=O)Nc1cccnc1)NCCc1ccccc1Cl. The van der Waals surface area contributed by atoms with Gasteiger partial charge in [0.15, 0.2) is 5.96 Å². The van der Waals surface area contributed by atoms with Gasteiger partial charge in [0.1, 0.15) is 6.54 Å². The molecule has 0 aliphatic carbocycles. The highest BCUT2D eigenvalue weighted by atomic mass is 35.5. The topological polar surface area (TPSA) is 78.4 Å². The minimum Gasteiger partial charge on any atom is -0.357 e. The van der Waals surface area contributed by atoms with E-state index in [2.05, 4.69) is 25.9 Å². The molecule has 0 spiro atoms. The van der Waals surface area contributed by atoms with Crippen molar-refractivity contribution in [3.05, 3.63) is 59.4 Å². The molecule has 0 bridgehead atoms. The predicted molar refractivity (Wildman–Crippen MR) is 102 cm³/mol. The molecule has 3 N–H and O–H groups in total. The average molecular weight is 360 g/mol. The van der Waals surface area contributed by atoms with E-state index in [1.807, 2.05) is 31.2 Å². The molecule has 0 unspecified atom stereocenters. The Morgan fingerprint density at radius 3 is 2.76 bits per heavy atom. The minimum absolute atomic E-state index is 0.0241. The van der Waals surface area contributed by atoms with Gasteiger partial charge in [-0.25, -0.2) is 4.99 Å². The molecule has 2 aromatic rings. The molecule has 0 saturated carbocycles. The number of anilines is 1. The molecule has 0 saturated heterocycles. The van der Waals surface area contributed by atoms with Crippen molar-refractivity contribution in [2.75, 3.05) is 25.0 Å². The fourth-order valence-electron chi connectivity index (χ4n) is 2.15. The molecular formula is C18H22ClN5O. The first kappa shape index (κ1) is 18.7. The van der Waals surface area contributed by atoms with E-state index in [0.717, 1.165) is 17.0 Å². The van der Waals surface area contributed by atoms with Crippen LogP contribution in [-0.4, -0.2) is 36.5 Å². The summed E-state index contributed by atoms with van der Waals surface area (Å²) in [7, 11) is 0. The fraction of sp³-hybridized carbons (Fsp3) is 0.278. The summed E-state index contributed by atoms with van der Waals surface area (Å²) in [6, 6.07) is 11.3. The number of aliphatic imine (C=N–C) groups is 1. The fourth-order valence-corrected chi connectivity index (χ4v) is 2.38. The second-order valence-electron chi connectivity index (χ2n) is 5.25. The molecule has 7 heteroatoms. The number of hydrogen-bond donors (Lipinski definition) is 3. The Morgan fingerprint density at radius 2 is 2.04 bits per heavy atom. The van der Waals surface area contributed by atoms with Gasteiger partial charge in [0.25, 0.3) is 0 Å². The molecule has 0 radical (unpaired) electrons. The summed E-state index contributed by atoms with van der Waals surface area (Å²) in [5, 5.41) is 9.82. The van der Waals surface area contributed by atoms with Gasteiger partial charge in [-0.15, -0.1) is 0 Å². The van der Waals surface area contributed by atoms with Crippen molar-refractivity contribution >= 4 is 29.2 Å². The summed E-state index contributed by atoms with van der Waals surface area (Å²) in [4.78, 5) is 20.2. The number of guanidine groups is 1. The van der Waals surface area contributed by atoms with Gasteiger partial charge in [-0.05, 0) is 37.1 Å². The van der Waals surface area contributed by atoms with Crippen molar-refractivity contribution in [1.82, 2.24) is 15.6 Å². The van der Waals surface area contributed by atoms with Crippen molar-refractivity contribution in [2.45, 2.75) is 13.3 Å². The highest BCUT2D eigenvalue weighted by Gasteiger charge is 2.04. The number of nitrogens with one attached hydrogen (secondary N) is 3. The zero-order valence-corrected chi connectivity index (χ0v) is 14.9. The number of hydrogen-bond acceptors (Lipinski definition) is 3. The van der Waals surface area contributed by atoms with E-state index in [-0.39, 0.29) is 12.5 Å². The van der Waals surface area contributed by atoms with E-state index < -0.39 is 0 Å². The lowest BCUT2D eigenvalue weighted by atomic mass is 10.1. The maximum atomic E-state index is 11.9. The number of amides is 1. The molecule has 0 atom stereocenters. The maximum absolute atomic E-state index is 11.9. The third-order valence-electron chi connectivity index (χ3n) is 3.31. The Hall–Kier alpha value is -2.60. The zero-order chi connectivity index (χ0) is 17.9. The van der Waals surface area contributed by atoms with Crippen LogP contribution in [0.3, 0.4) is 0 Å². The number of halogens is 1. The van der Waals surface area contributed by atoms with E-state index in [9.17, 15) is 4.79 Å². The molecule has 1 aromatic carbocycles. The van der Waals surface area contributed by atoms with Crippen molar-refractivity contribution < 1.29 is 4.79 Å². The summed E-state index contributed by atoms with van der Waals surface area (Å²) in [6.45, 7) is 3.37. The molecule has 1 aromatic heterocycles. The van der Waals surface area contributed by atoms with Gasteiger partial charge in [0.2, 0.25) is 5.91 Å². The monoisotopic (exact) mass is 359 g/mol. The quantitative estimate of drug-likeness (QED) is 0.524. The lowest BCUT2D eigenvalue weighted by Crippen LogP contribution is -2.39. The minimum atomic E-state index is -0.198. The smallest absolute Gasteiger partial charge is 0.246 e. The summed E-state index contributed by atoms with van der Waals surface area (Å²) in [5.74, 6) is 0.396. The van der Waals surface area contributed by atoms with Gasteiger partial charge in [-0.3, -0.25) is 9.78 Å². The Bertz CT molecular complexity index is 706. The van der Waals surface area contributed by atoms with Crippen LogP contribution in [0.25, 0.3) is 0 Å². The average Bonchev–Trinajstić information content (AvgIpc) is 2.62. The Morgan fingerprint density at radius 1 is 1.20 bits per heavy atom. The van der Waals surface area contributed by atoms with E-state index in [4.69, 9.17) is 11.6 Å². The number of carbonyl (C=O) groups is 1. The van der Waals surface area contributed by atoms with Crippen LogP contribution in [0, 0.1) is 0 Å². The molecule has 1 heterocycles. The van der Waals surface area contributed by atoms with E-state index in [1.165, 1.54) is 0 Å². The molecule has 0 aliphatic heterocycles. The van der Waals surface area contributed by atoms with Crippen LogP contribution in [0.1, 0.15) is 12.5 Å². The van der Waals surface area contributed by atoms with Gasteiger partial charge in [0.05, 0.1) is 11.9 Å². The third-order valence-corrected chi connectivity index (χ3v) is 3.68. The summed E-state index contributed by atoms with van der Waals surface area (Å²) >= 11 is 6.15. The predicted octanol–water partition coefficient (Wildman–Crippen LogP) is 2.47. The number of carbonyl (C=O) groups excluding carboxylic acids is 1. The Labute approximate surface area is 152 Å². The normalized spacial score (nSPS) is 11.0. The number of benzene rings is 1. The second kappa shape index (κ2) is 10.3. The summed E-state index contributed by atoms with van der Waals surface area (Å²) in [5.41, 5.74) is 1.72. The first-order valence-electron chi connectivity index (χ1n) is 8.14. The van der Waals surface area contributed by atoms with E-state index in [0.29, 0.717) is 24.7 Å². The first-order chi connectivity index (χ1) is 12.2. The lowest BCUT2D eigenvalue weighted by Gasteiger charge is -2.12. The first-order valence-corrected chi connectivity index (χ1v) is 8.52. The standard InChI is InChI=1S/C18H22ClN5O/c1-2-21-18(22-11-9-14-6-3-4-8-16(14)19)23-13-17(25)24-15-7-5-10-20-12-15/h3-8,10,12H,2,9,11,13H2,1H3,(H,24,25)(H2,21,22,23). The van der Waals surface area contributed by atoms with Crippen LogP contribution in [0.2, 0.25) is 5.02 Å². The summed E-state index contributed by atoms with van der Waals surface area (Å²) < 4.78 is 0. The van der Waals surface area contributed by atoms with Crippen LogP contribution in [0.4, 0.5) is 5.69 Å². The molecule has 25 heavy (non-hydrogen) atoms. The highest BCUT2D eigenvalue weighted by molar-refractivity contribution is 6.31. The van der Waals surface area contributed by atoms with Crippen molar-refractivity contribution in [3.8, 4) is 0 Å². The van der Waals surface area contributed by atoms with Gasteiger partial charge in [0, 0.05) is 24.3 Å². The summed E-state index contributed by atoms with van der Waals surface area (Å²) in [6.07, 6.45) is 4.01. The van der Waals surface area contributed by atoms with Crippen LogP contribution in [0.15, 0.2) is 53.8 Å². The van der Waals surface area contributed by atoms with Gasteiger partial charge >= 0.3 is 0 Å². The van der Waals surface area contributed by atoms with E-state index >= 15 is 0 Å². The number of aromatic nitrogens is 1. The number of nitrogens with zero attached hydrogens (tertiary/aromatic N) is 2. The maximum Gasteiger partial charge on any atom is 0.246 e. The van der Waals surface area contributed by atoms with Crippen LogP contribution in [-0.2, 0) is 11.2 Å². The van der Waals surface area contributed by atoms with Gasteiger partial charge in [-0.2, -0.15) is 0 Å². The van der Waals surface area contributed by atoms with Crippen molar-refractivity contribution in [2.24, 2.45) is 4.99 Å². The Balaban J connectivity index is 1.83. The number of pyridine rings is 1. The molecule has 2 rings (SSSR count).